The first-order valence-corrected chi connectivity index (χ1v) is 8.59. The summed E-state index contributed by atoms with van der Waals surface area (Å²) >= 11 is 0. The number of aliphatic hydroxyl groups is 8. The molecule has 164 valence electrons. The molecule has 28 heavy (non-hydrogen) atoms. The van der Waals surface area contributed by atoms with Gasteiger partial charge in [0.15, 0.2) is 18.9 Å². The molecule has 0 aromatic carbocycles. The molecule has 11 atom stereocenters. The lowest BCUT2D eigenvalue weighted by molar-refractivity contribution is -0.362. The van der Waals surface area contributed by atoms with Crippen LogP contribution in [0.2, 0.25) is 0 Å². The molecule has 2 rings (SSSR count). The van der Waals surface area contributed by atoms with Gasteiger partial charge in [-0.3, -0.25) is 0 Å². The van der Waals surface area contributed by atoms with Gasteiger partial charge in [-0.1, -0.05) is 0 Å². The summed E-state index contributed by atoms with van der Waals surface area (Å²) in [5.74, 6) is 0. The third-order valence-corrected chi connectivity index (χ3v) is 4.60. The van der Waals surface area contributed by atoms with Crippen molar-refractivity contribution in [1.29, 1.82) is 0 Å². The number of aliphatic hydroxyl groups excluding tert-OH is 8. The van der Waals surface area contributed by atoms with Crippen LogP contribution in [0.25, 0.3) is 0 Å². The molecule has 0 aromatic rings. The molecule has 0 aliphatic carbocycles. The number of hydrogen-bond donors (Lipinski definition) is 8. The summed E-state index contributed by atoms with van der Waals surface area (Å²) in [4.78, 5) is 10.8. The van der Waals surface area contributed by atoms with Gasteiger partial charge in [0.25, 0.3) is 0 Å². The van der Waals surface area contributed by atoms with Crippen molar-refractivity contribution in [2.75, 3.05) is 19.8 Å². The van der Waals surface area contributed by atoms with E-state index in [1.807, 2.05) is 0 Å². The quantitative estimate of drug-likeness (QED) is 0.174. The lowest BCUT2D eigenvalue weighted by atomic mass is 9.97. The maximum absolute atomic E-state index is 10.8. The van der Waals surface area contributed by atoms with Gasteiger partial charge in [-0.15, -0.1) is 0 Å². The molecule has 2 saturated heterocycles. The van der Waals surface area contributed by atoms with Gasteiger partial charge in [0, 0.05) is 0 Å². The van der Waals surface area contributed by atoms with E-state index in [1.165, 1.54) is 0 Å². The Morgan fingerprint density at radius 1 is 0.786 bits per heavy atom. The topological polar surface area (TPSA) is 216 Å². The Balaban J connectivity index is 2.17. The smallest absolute Gasteiger partial charge is 0.187 e. The fourth-order valence-corrected chi connectivity index (χ4v) is 2.95. The van der Waals surface area contributed by atoms with Crippen molar-refractivity contribution in [2.24, 2.45) is 0 Å². The largest absolute Gasteiger partial charge is 0.394 e. The van der Waals surface area contributed by atoms with Crippen LogP contribution in [0.1, 0.15) is 0 Å². The molecule has 2 fully saturated rings. The predicted molar refractivity (Wildman–Crippen MR) is 84.4 cm³/mol. The maximum Gasteiger partial charge on any atom is 0.187 e. The van der Waals surface area contributed by atoms with Crippen molar-refractivity contribution in [3.63, 3.8) is 0 Å². The molecule has 0 aromatic heterocycles. The summed E-state index contributed by atoms with van der Waals surface area (Å²) < 4.78 is 20.8. The van der Waals surface area contributed by atoms with Gasteiger partial charge in [-0.25, -0.2) is 0 Å². The summed E-state index contributed by atoms with van der Waals surface area (Å²) in [6, 6.07) is 0. The van der Waals surface area contributed by atoms with Gasteiger partial charge in [0.1, 0.15) is 54.9 Å². The second-order valence-corrected chi connectivity index (χ2v) is 6.50. The average molecular weight is 414 g/mol. The Morgan fingerprint density at radius 3 is 1.89 bits per heavy atom. The predicted octanol–water partition coefficient (Wildman–Crippen LogP) is -5.81. The van der Waals surface area contributed by atoms with E-state index in [4.69, 9.17) is 24.1 Å². The number of aldehydes is 1. The molecule has 0 saturated carbocycles. The molecule has 0 unspecified atom stereocenters. The normalized spacial score (nSPS) is 45.6. The summed E-state index contributed by atoms with van der Waals surface area (Å²) in [5.41, 5.74) is 0. The monoisotopic (exact) mass is 414 g/mol. The first kappa shape index (κ1) is 23.5. The van der Waals surface area contributed by atoms with Crippen LogP contribution in [0, 0.1) is 0 Å². The number of carbonyl (C=O) groups is 1. The number of ether oxygens (including phenoxy) is 4. The zero-order chi connectivity index (χ0) is 21.0. The third kappa shape index (κ3) is 4.84. The highest BCUT2D eigenvalue weighted by molar-refractivity contribution is 5.56. The minimum Gasteiger partial charge on any atom is -0.394 e. The molecule has 0 amide bonds. The van der Waals surface area contributed by atoms with Gasteiger partial charge < -0.3 is 64.6 Å². The molecule has 8 N–H and O–H groups in total. The molecule has 0 spiro atoms. The summed E-state index contributed by atoms with van der Waals surface area (Å²) in [6.45, 7) is -2.17. The van der Waals surface area contributed by atoms with Crippen LogP contribution in [-0.2, 0) is 23.7 Å². The molecule has 13 heteroatoms. The molecular weight excluding hydrogens is 388 g/mol. The Kier molecular flexibility index (Phi) is 8.62. The van der Waals surface area contributed by atoms with Crippen molar-refractivity contribution in [3.8, 4) is 0 Å². The Morgan fingerprint density at radius 2 is 1.36 bits per heavy atom. The zero-order valence-corrected chi connectivity index (χ0v) is 14.7. The van der Waals surface area contributed by atoms with E-state index in [0.717, 1.165) is 0 Å². The van der Waals surface area contributed by atoms with Crippen LogP contribution in [0.3, 0.4) is 0 Å². The highest BCUT2D eigenvalue weighted by Crippen LogP contribution is 2.29. The summed E-state index contributed by atoms with van der Waals surface area (Å²) in [6.07, 6.45) is -17.2. The number of hydrogen-bond acceptors (Lipinski definition) is 13. The SMILES string of the molecule is O=C[C@@H](CO)O[C@H]1O[C@H](CO)[C@@H](O)[C@H](O[C@@H]2O[C@H](CO)[C@H](O)[C@H](O)[C@H]2O)[C@@H]1O. The number of rotatable bonds is 8. The first-order valence-electron chi connectivity index (χ1n) is 8.59. The van der Waals surface area contributed by atoms with Crippen LogP contribution in [0.15, 0.2) is 0 Å². The van der Waals surface area contributed by atoms with Crippen molar-refractivity contribution < 1.29 is 64.6 Å². The molecular formula is C15H26O13. The zero-order valence-electron chi connectivity index (χ0n) is 14.7. The Hall–Kier alpha value is -0.810. The van der Waals surface area contributed by atoms with E-state index in [1.54, 1.807) is 0 Å². The molecule has 2 aliphatic heterocycles. The maximum atomic E-state index is 10.8. The lowest BCUT2D eigenvalue weighted by Gasteiger charge is -2.46. The highest BCUT2D eigenvalue weighted by atomic mass is 16.7. The van der Waals surface area contributed by atoms with E-state index in [0.29, 0.717) is 0 Å². The third-order valence-electron chi connectivity index (χ3n) is 4.60. The molecule has 0 bridgehead atoms. The van der Waals surface area contributed by atoms with Crippen molar-refractivity contribution in [2.45, 2.75) is 67.5 Å². The second kappa shape index (κ2) is 10.3. The van der Waals surface area contributed by atoms with E-state index in [2.05, 4.69) is 0 Å². The van der Waals surface area contributed by atoms with Crippen LogP contribution in [0.5, 0.6) is 0 Å². The lowest BCUT2D eigenvalue weighted by Crippen LogP contribution is -2.65. The standard InChI is InChI=1S/C15H26O13/c16-1-5(2-17)25-15-12(24)13(9(21)7(4-19)27-15)28-14-11(23)10(22)8(20)6(3-18)26-14/h1,5-15,17-24H,2-4H2/t5-,6+,7+,8-,9+,10-,11+,12-,13-,14-,15-/m0/s1. The van der Waals surface area contributed by atoms with Crippen LogP contribution < -0.4 is 0 Å². The van der Waals surface area contributed by atoms with Crippen molar-refractivity contribution in [3.05, 3.63) is 0 Å². The van der Waals surface area contributed by atoms with E-state index in [-0.39, 0.29) is 6.29 Å². The van der Waals surface area contributed by atoms with Crippen LogP contribution >= 0.6 is 0 Å². The van der Waals surface area contributed by atoms with E-state index >= 15 is 0 Å². The Bertz CT molecular complexity index is 491. The van der Waals surface area contributed by atoms with E-state index < -0.39 is 87.3 Å². The minimum atomic E-state index is -1.80. The van der Waals surface area contributed by atoms with Gasteiger partial charge in [-0.2, -0.15) is 0 Å². The van der Waals surface area contributed by atoms with E-state index in [9.17, 15) is 40.5 Å². The fourth-order valence-electron chi connectivity index (χ4n) is 2.95. The van der Waals surface area contributed by atoms with Crippen LogP contribution in [-0.4, -0.2) is 134 Å². The van der Waals surface area contributed by atoms with Crippen LogP contribution in [0.4, 0.5) is 0 Å². The van der Waals surface area contributed by atoms with Gasteiger partial charge in [-0.05, 0) is 0 Å². The molecule has 13 nitrogen and oxygen atoms in total. The average Bonchev–Trinajstić information content (AvgIpc) is 2.70. The fraction of sp³-hybridized carbons (Fsp3) is 0.933. The van der Waals surface area contributed by atoms with Crippen molar-refractivity contribution >= 4 is 6.29 Å². The number of carbonyl (C=O) groups excluding carboxylic acids is 1. The molecule has 2 heterocycles. The molecule has 0 radical (unpaired) electrons. The summed E-state index contributed by atoms with van der Waals surface area (Å²) in [5, 5.41) is 77.9. The van der Waals surface area contributed by atoms with Gasteiger partial charge in [0.2, 0.25) is 0 Å². The van der Waals surface area contributed by atoms with Crippen molar-refractivity contribution in [1.82, 2.24) is 0 Å². The van der Waals surface area contributed by atoms with Gasteiger partial charge >= 0.3 is 0 Å². The second-order valence-electron chi connectivity index (χ2n) is 6.50. The first-order chi connectivity index (χ1) is 13.3. The van der Waals surface area contributed by atoms with Gasteiger partial charge in [0.05, 0.1) is 19.8 Å². The highest BCUT2D eigenvalue weighted by Gasteiger charge is 2.51. The summed E-state index contributed by atoms with van der Waals surface area (Å²) in [7, 11) is 0. The Labute approximate surface area is 159 Å². The molecule has 2 aliphatic rings. The minimum absolute atomic E-state index is 0.253.